The molecule has 3 aromatic rings. The van der Waals surface area contributed by atoms with Crippen LogP contribution in [0.5, 0.6) is 11.5 Å². The van der Waals surface area contributed by atoms with Crippen molar-refractivity contribution in [2.24, 2.45) is 0 Å². The highest BCUT2D eigenvalue weighted by atomic mass is 16.5. The van der Waals surface area contributed by atoms with E-state index in [2.05, 4.69) is 82.3 Å². The Morgan fingerprint density at radius 2 is 1.37 bits per heavy atom. The van der Waals surface area contributed by atoms with Gasteiger partial charge in [-0.2, -0.15) is 0 Å². The molecule has 0 bridgehead atoms. The van der Waals surface area contributed by atoms with Crippen molar-refractivity contribution < 1.29 is 9.84 Å². The highest BCUT2D eigenvalue weighted by Crippen LogP contribution is 2.44. The predicted octanol–water partition coefficient (Wildman–Crippen LogP) is 6.00. The lowest BCUT2D eigenvalue weighted by Gasteiger charge is -2.36. The van der Waals surface area contributed by atoms with E-state index < -0.39 is 5.54 Å². The third-order valence-electron chi connectivity index (χ3n) is 5.96. The number of aromatic nitrogens is 2. The fraction of sp³-hybridized carbons (Fsp3) is 0.423. The van der Waals surface area contributed by atoms with Gasteiger partial charge in [-0.25, -0.2) is 4.98 Å². The number of nitrogens with zero attached hydrogens (tertiary/aromatic N) is 2. The number of imidazole rings is 1. The summed E-state index contributed by atoms with van der Waals surface area (Å²) in [4.78, 5) is 4.32. The van der Waals surface area contributed by atoms with Gasteiger partial charge in [0.1, 0.15) is 11.5 Å². The van der Waals surface area contributed by atoms with Crippen LogP contribution in [0.25, 0.3) is 0 Å². The van der Waals surface area contributed by atoms with Crippen LogP contribution in [0, 0.1) is 0 Å². The summed E-state index contributed by atoms with van der Waals surface area (Å²) < 4.78 is 7.49. The minimum atomic E-state index is -0.504. The molecule has 0 aliphatic carbocycles. The molecule has 1 N–H and O–H groups in total. The predicted molar refractivity (Wildman–Crippen MR) is 123 cm³/mol. The highest BCUT2D eigenvalue weighted by Gasteiger charge is 2.35. The van der Waals surface area contributed by atoms with Gasteiger partial charge in [-0.1, -0.05) is 53.7 Å². The molecule has 160 valence electrons. The number of phenolic OH excluding ortho intramolecular Hbond substituents is 1. The summed E-state index contributed by atoms with van der Waals surface area (Å²) in [5.41, 5.74) is 3.22. The molecule has 0 amide bonds. The Bertz CT molecular complexity index is 972. The quantitative estimate of drug-likeness (QED) is 0.578. The van der Waals surface area contributed by atoms with Crippen molar-refractivity contribution in [2.75, 3.05) is 7.11 Å². The van der Waals surface area contributed by atoms with Gasteiger partial charge in [-0.15, -0.1) is 0 Å². The monoisotopic (exact) mass is 406 g/mol. The molecule has 0 spiro atoms. The number of phenols is 1. The zero-order valence-electron chi connectivity index (χ0n) is 19.4. The summed E-state index contributed by atoms with van der Waals surface area (Å²) in [5.74, 6) is 1.21. The van der Waals surface area contributed by atoms with Crippen LogP contribution in [0.3, 0.4) is 0 Å². The lowest BCUT2D eigenvalue weighted by molar-refractivity contribution is 0.412. The number of methoxy groups -OCH3 is 1. The average Bonchev–Trinajstić information content (AvgIpc) is 3.21. The van der Waals surface area contributed by atoms with Crippen molar-refractivity contribution >= 4 is 0 Å². The van der Waals surface area contributed by atoms with Crippen LogP contribution in [0.1, 0.15) is 70.7 Å². The van der Waals surface area contributed by atoms with E-state index in [1.54, 1.807) is 13.3 Å². The molecule has 0 fully saturated rings. The zero-order valence-corrected chi connectivity index (χ0v) is 19.4. The van der Waals surface area contributed by atoms with E-state index in [1.165, 1.54) is 0 Å². The molecule has 0 radical (unpaired) electrons. The Morgan fingerprint density at radius 1 is 0.833 bits per heavy atom. The van der Waals surface area contributed by atoms with Crippen molar-refractivity contribution in [2.45, 2.75) is 64.8 Å². The first kappa shape index (κ1) is 21.9. The second-order valence-corrected chi connectivity index (χ2v) is 10.2. The van der Waals surface area contributed by atoms with Gasteiger partial charge in [0.05, 0.1) is 19.0 Å². The first-order valence-electron chi connectivity index (χ1n) is 10.4. The van der Waals surface area contributed by atoms with E-state index in [1.807, 2.05) is 24.7 Å². The summed E-state index contributed by atoms with van der Waals surface area (Å²) >= 11 is 0. The van der Waals surface area contributed by atoms with Crippen molar-refractivity contribution in [3.05, 3.63) is 77.4 Å². The SMILES string of the molecule is COc1ccc([C@](C)(c2cc(C(C)(C)C)c(O)c(C(C)(C)C)c2)n2ccnc2)cc1. The molecular weight excluding hydrogens is 372 g/mol. The van der Waals surface area contributed by atoms with E-state index >= 15 is 0 Å². The van der Waals surface area contributed by atoms with Crippen molar-refractivity contribution in [1.29, 1.82) is 0 Å². The maximum Gasteiger partial charge on any atom is 0.123 e. The minimum Gasteiger partial charge on any atom is -0.507 e. The average molecular weight is 407 g/mol. The topological polar surface area (TPSA) is 47.3 Å². The van der Waals surface area contributed by atoms with Gasteiger partial charge in [0.25, 0.3) is 0 Å². The van der Waals surface area contributed by atoms with E-state index in [0.29, 0.717) is 5.75 Å². The van der Waals surface area contributed by atoms with E-state index in [0.717, 1.165) is 28.0 Å². The molecule has 0 saturated carbocycles. The summed E-state index contributed by atoms with van der Waals surface area (Å²) in [5, 5.41) is 11.2. The molecule has 4 nitrogen and oxygen atoms in total. The first-order valence-corrected chi connectivity index (χ1v) is 10.4. The van der Waals surface area contributed by atoms with Gasteiger partial charge in [0.15, 0.2) is 0 Å². The van der Waals surface area contributed by atoms with E-state index in [-0.39, 0.29) is 10.8 Å². The fourth-order valence-corrected chi connectivity index (χ4v) is 3.96. The Balaban J connectivity index is 2.36. The van der Waals surface area contributed by atoms with Crippen LogP contribution < -0.4 is 4.74 Å². The molecule has 0 aliphatic heterocycles. The van der Waals surface area contributed by atoms with Crippen molar-refractivity contribution in [3.8, 4) is 11.5 Å². The van der Waals surface area contributed by atoms with Gasteiger partial charge in [0, 0.05) is 12.4 Å². The van der Waals surface area contributed by atoms with Crippen LogP contribution in [0.2, 0.25) is 0 Å². The number of ether oxygens (including phenoxy) is 1. The third-order valence-corrected chi connectivity index (χ3v) is 5.96. The van der Waals surface area contributed by atoms with Gasteiger partial charge in [-0.05, 0) is 64.3 Å². The van der Waals surface area contributed by atoms with Crippen molar-refractivity contribution in [3.63, 3.8) is 0 Å². The van der Waals surface area contributed by atoms with Crippen LogP contribution >= 0.6 is 0 Å². The Morgan fingerprint density at radius 3 is 1.77 bits per heavy atom. The standard InChI is InChI=1S/C26H34N2O2/c1-24(2,3)21-15-19(16-22(23(21)29)25(4,5)6)26(7,28-14-13-27-17-28)18-9-11-20(30-8)12-10-18/h9-17,29H,1-8H3/t26-/m1/s1. The number of hydrogen-bond donors (Lipinski definition) is 1. The largest absolute Gasteiger partial charge is 0.507 e. The zero-order chi connectivity index (χ0) is 22.3. The lowest BCUT2D eigenvalue weighted by Crippen LogP contribution is -2.33. The number of aromatic hydroxyl groups is 1. The van der Waals surface area contributed by atoms with E-state index in [4.69, 9.17) is 4.74 Å². The highest BCUT2D eigenvalue weighted by molar-refractivity contribution is 5.54. The minimum absolute atomic E-state index is 0.199. The summed E-state index contributed by atoms with van der Waals surface area (Å²) in [7, 11) is 1.68. The molecule has 30 heavy (non-hydrogen) atoms. The molecule has 1 aromatic heterocycles. The molecule has 3 rings (SSSR count). The smallest absolute Gasteiger partial charge is 0.123 e. The maximum atomic E-state index is 11.2. The molecule has 1 atom stereocenters. The number of rotatable bonds is 4. The molecule has 0 aliphatic rings. The van der Waals surface area contributed by atoms with Gasteiger partial charge >= 0.3 is 0 Å². The molecular formula is C26H34N2O2. The van der Waals surface area contributed by atoms with E-state index in [9.17, 15) is 5.11 Å². The normalized spacial score (nSPS) is 14.4. The van der Waals surface area contributed by atoms with Crippen LogP contribution in [-0.2, 0) is 16.4 Å². The van der Waals surface area contributed by atoms with Gasteiger partial charge in [-0.3, -0.25) is 0 Å². The van der Waals surface area contributed by atoms with Crippen LogP contribution in [0.4, 0.5) is 0 Å². The third kappa shape index (κ3) is 3.83. The Kier molecular flexibility index (Phi) is 5.48. The van der Waals surface area contributed by atoms with Gasteiger partial charge < -0.3 is 14.4 Å². The fourth-order valence-electron chi connectivity index (χ4n) is 3.96. The number of hydrogen-bond acceptors (Lipinski definition) is 3. The summed E-state index contributed by atoms with van der Waals surface area (Å²) in [6.45, 7) is 15.0. The van der Waals surface area contributed by atoms with Crippen molar-refractivity contribution in [1.82, 2.24) is 9.55 Å². The number of benzene rings is 2. The Hall–Kier alpha value is -2.75. The Labute approximate surface area is 180 Å². The first-order chi connectivity index (χ1) is 13.9. The second kappa shape index (κ2) is 7.50. The maximum absolute atomic E-state index is 11.2. The molecule has 2 aromatic carbocycles. The van der Waals surface area contributed by atoms with Crippen LogP contribution in [0.15, 0.2) is 55.1 Å². The molecule has 0 saturated heterocycles. The molecule has 4 heteroatoms. The summed E-state index contributed by atoms with van der Waals surface area (Å²) in [6, 6.07) is 12.5. The molecule has 0 unspecified atom stereocenters. The summed E-state index contributed by atoms with van der Waals surface area (Å²) in [6.07, 6.45) is 5.65. The van der Waals surface area contributed by atoms with Crippen LogP contribution in [-0.4, -0.2) is 21.8 Å². The second-order valence-electron chi connectivity index (χ2n) is 10.2. The molecule has 1 heterocycles. The lowest BCUT2D eigenvalue weighted by atomic mass is 9.74. The van der Waals surface area contributed by atoms with Gasteiger partial charge in [0.2, 0.25) is 0 Å².